The average Bonchev–Trinajstić information content (AvgIpc) is 3.39. The quantitative estimate of drug-likeness (QED) is 0.619. The summed E-state index contributed by atoms with van der Waals surface area (Å²) in [6.45, 7) is 11.2. The lowest BCUT2D eigenvalue weighted by Gasteiger charge is -2.35. The molecule has 1 fully saturated rings. The van der Waals surface area contributed by atoms with Crippen LogP contribution in [0, 0.1) is 20.8 Å². The fraction of sp³-hybridized carbons (Fsp3) is 0.480. The van der Waals surface area contributed by atoms with Gasteiger partial charge in [0.2, 0.25) is 5.91 Å². The highest BCUT2D eigenvalue weighted by Gasteiger charge is 2.22. The molecule has 0 saturated carbocycles. The topological polar surface area (TPSA) is 63.0 Å². The number of benzene rings is 1. The summed E-state index contributed by atoms with van der Waals surface area (Å²) in [6, 6.07) is 8.53. The summed E-state index contributed by atoms with van der Waals surface area (Å²) in [6.07, 6.45) is 2.22. The first-order chi connectivity index (χ1) is 15.5. The number of hydrogen-bond acceptors (Lipinski definition) is 5. The average molecular weight is 434 g/mol. The maximum Gasteiger partial charge on any atom is 0.222 e. The van der Waals surface area contributed by atoms with Gasteiger partial charge >= 0.3 is 0 Å². The first-order valence-electron chi connectivity index (χ1n) is 11.5. The highest BCUT2D eigenvalue weighted by molar-refractivity contribution is 5.76. The highest BCUT2D eigenvalue weighted by Crippen LogP contribution is 2.26. The number of rotatable bonds is 5. The first kappa shape index (κ1) is 20.9. The van der Waals surface area contributed by atoms with E-state index in [0.717, 1.165) is 79.8 Å². The Labute approximate surface area is 189 Å². The monoisotopic (exact) mass is 433 g/mol. The van der Waals surface area contributed by atoms with Gasteiger partial charge in [-0.3, -0.25) is 9.69 Å². The van der Waals surface area contributed by atoms with Crippen molar-refractivity contribution in [2.75, 3.05) is 32.8 Å². The fourth-order valence-corrected chi connectivity index (χ4v) is 4.94. The minimum absolute atomic E-state index is 0.231. The lowest BCUT2D eigenvalue weighted by atomic mass is 10.1. The molecule has 0 spiro atoms. The molecule has 1 amide bonds. The Morgan fingerprint density at radius 1 is 1.09 bits per heavy atom. The molecule has 2 aliphatic heterocycles. The van der Waals surface area contributed by atoms with E-state index in [1.807, 2.05) is 29.3 Å². The summed E-state index contributed by atoms with van der Waals surface area (Å²) < 4.78 is 7.50. The molecular formula is C25H31N5O2. The third-order valence-electron chi connectivity index (χ3n) is 6.76. The van der Waals surface area contributed by atoms with Crippen molar-refractivity contribution in [3.8, 4) is 5.75 Å². The maximum absolute atomic E-state index is 12.9. The standard InChI is InChI=1S/C25H31N5O2/c1-17-14-24-26-18(2)22(19(3)30(24)27-17)5-7-25(31)29-11-9-28(10-12-29)16-20-4-6-23-21(15-20)8-13-32-23/h4,6,14-15H,5,7-13,16H2,1-3H3. The van der Waals surface area contributed by atoms with Crippen LogP contribution in [-0.4, -0.2) is 63.1 Å². The van der Waals surface area contributed by atoms with E-state index in [9.17, 15) is 4.79 Å². The third-order valence-corrected chi connectivity index (χ3v) is 6.76. The Morgan fingerprint density at radius 3 is 2.72 bits per heavy atom. The molecule has 0 N–H and O–H groups in total. The van der Waals surface area contributed by atoms with Crippen LogP contribution < -0.4 is 4.74 Å². The highest BCUT2D eigenvalue weighted by atomic mass is 16.5. The summed E-state index contributed by atoms with van der Waals surface area (Å²) in [4.78, 5) is 22.0. The molecule has 0 radical (unpaired) electrons. The molecular weight excluding hydrogens is 402 g/mol. The van der Waals surface area contributed by atoms with Gasteiger partial charge < -0.3 is 9.64 Å². The Hall–Kier alpha value is -2.93. The van der Waals surface area contributed by atoms with Crippen molar-refractivity contribution in [2.24, 2.45) is 0 Å². The van der Waals surface area contributed by atoms with Crippen LogP contribution >= 0.6 is 0 Å². The van der Waals surface area contributed by atoms with E-state index in [2.05, 4.69) is 40.1 Å². The molecule has 7 heteroatoms. The molecule has 168 valence electrons. The number of ether oxygens (including phenoxy) is 1. The molecule has 2 aromatic heterocycles. The normalized spacial score (nSPS) is 16.4. The van der Waals surface area contributed by atoms with Gasteiger partial charge in [-0.2, -0.15) is 5.10 Å². The van der Waals surface area contributed by atoms with Crippen LogP contribution in [-0.2, 0) is 24.2 Å². The molecule has 5 rings (SSSR count). The van der Waals surface area contributed by atoms with E-state index in [-0.39, 0.29) is 5.91 Å². The third kappa shape index (κ3) is 4.09. The zero-order chi connectivity index (χ0) is 22.2. The molecule has 0 unspecified atom stereocenters. The minimum atomic E-state index is 0.231. The Balaban J connectivity index is 1.15. The fourth-order valence-electron chi connectivity index (χ4n) is 4.94. The Bertz CT molecular complexity index is 1160. The van der Waals surface area contributed by atoms with Crippen molar-refractivity contribution >= 4 is 11.6 Å². The van der Waals surface area contributed by atoms with Gasteiger partial charge in [0.25, 0.3) is 0 Å². The number of aryl methyl sites for hydroxylation is 3. The molecule has 32 heavy (non-hydrogen) atoms. The summed E-state index contributed by atoms with van der Waals surface area (Å²) in [5, 5.41) is 4.54. The second kappa shape index (κ2) is 8.54. The van der Waals surface area contributed by atoms with E-state index < -0.39 is 0 Å². The van der Waals surface area contributed by atoms with Crippen molar-refractivity contribution in [1.82, 2.24) is 24.4 Å². The van der Waals surface area contributed by atoms with Gasteiger partial charge in [0.15, 0.2) is 5.65 Å². The van der Waals surface area contributed by atoms with Crippen molar-refractivity contribution in [3.63, 3.8) is 0 Å². The van der Waals surface area contributed by atoms with Crippen LogP contribution in [0.4, 0.5) is 0 Å². The van der Waals surface area contributed by atoms with E-state index in [4.69, 9.17) is 4.74 Å². The largest absolute Gasteiger partial charge is 0.493 e. The van der Waals surface area contributed by atoms with E-state index in [0.29, 0.717) is 12.8 Å². The predicted molar refractivity (Wildman–Crippen MR) is 123 cm³/mol. The van der Waals surface area contributed by atoms with Crippen LogP contribution in [0.5, 0.6) is 5.75 Å². The first-order valence-corrected chi connectivity index (χ1v) is 11.5. The molecule has 4 heterocycles. The Kier molecular flexibility index (Phi) is 5.59. The number of nitrogens with zero attached hydrogens (tertiary/aromatic N) is 5. The number of hydrogen-bond donors (Lipinski definition) is 0. The Morgan fingerprint density at radius 2 is 1.91 bits per heavy atom. The minimum Gasteiger partial charge on any atom is -0.493 e. The molecule has 2 aliphatic rings. The summed E-state index contributed by atoms with van der Waals surface area (Å²) >= 11 is 0. The van der Waals surface area contributed by atoms with Gasteiger partial charge in [-0.05, 0) is 49.9 Å². The predicted octanol–water partition coefficient (Wildman–Crippen LogP) is 2.87. The van der Waals surface area contributed by atoms with Gasteiger partial charge in [0.1, 0.15) is 5.75 Å². The van der Waals surface area contributed by atoms with Gasteiger partial charge in [0.05, 0.1) is 12.3 Å². The van der Waals surface area contributed by atoms with Gasteiger partial charge in [-0.15, -0.1) is 0 Å². The second-order valence-corrected chi connectivity index (χ2v) is 9.01. The number of carbonyl (C=O) groups excluding carboxylic acids is 1. The van der Waals surface area contributed by atoms with Crippen LogP contribution in [0.3, 0.4) is 0 Å². The van der Waals surface area contributed by atoms with Crippen molar-refractivity contribution < 1.29 is 9.53 Å². The SMILES string of the molecule is Cc1cc2nc(C)c(CCC(=O)N3CCN(Cc4ccc5c(c4)CCO5)CC3)c(C)n2n1. The molecule has 1 aromatic carbocycles. The number of fused-ring (bicyclic) bond motifs is 2. The molecule has 0 atom stereocenters. The molecule has 0 aliphatic carbocycles. The second-order valence-electron chi connectivity index (χ2n) is 9.01. The van der Waals surface area contributed by atoms with Gasteiger partial charge in [0, 0.05) is 63.0 Å². The van der Waals surface area contributed by atoms with Crippen LogP contribution in [0.2, 0.25) is 0 Å². The van der Waals surface area contributed by atoms with Crippen LogP contribution in [0.15, 0.2) is 24.3 Å². The summed E-state index contributed by atoms with van der Waals surface area (Å²) in [7, 11) is 0. The van der Waals surface area contributed by atoms with Crippen LogP contribution in [0.1, 0.15) is 40.2 Å². The van der Waals surface area contributed by atoms with E-state index in [1.165, 1.54) is 11.1 Å². The smallest absolute Gasteiger partial charge is 0.222 e. The van der Waals surface area contributed by atoms with Crippen molar-refractivity contribution in [3.05, 3.63) is 58.0 Å². The lowest BCUT2D eigenvalue weighted by molar-refractivity contribution is -0.133. The number of amides is 1. The van der Waals surface area contributed by atoms with Crippen molar-refractivity contribution in [2.45, 2.75) is 46.6 Å². The maximum atomic E-state index is 12.9. The number of carbonyl (C=O) groups is 1. The van der Waals surface area contributed by atoms with Crippen molar-refractivity contribution in [1.29, 1.82) is 0 Å². The number of aromatic nitrogens is 3. The zero-order valence-electron chi connectivity index (χ0n) is 19.2. The van der Waals surface area contributed by atoms with Gasteiger partial charge in [-0.1, -0.05) is 12.1 Å². The summed E-state index contributed by atoms with van der Waals surface area (Å²) in [5.74, 6) is 1.27. The molecule has 0 bridgehead atoms. The number of piperazine rings is 1. The summed E-state index contributed by atoms with van der Waals surface area (Å²) in [5.41, 5.74) is 7.69. The molecule has 3 aromatic rings. The van der Waals surface area contributed by atoms with E-state index >= 15 is 0 Å². The molecule has 7 nitrogen and oxygen atoms in total. The van der Waals surface area contributed by atoms with Crippen LogP contribution in [0.25, 0.3) is 5.65 Å². The molecule has 1 saturated heterocycles. The zero-order valence-corrected chi connectivity index (χ0v) is 19.2. The van der Waals surface area contributed by atoms with Gasteiger partial charge in [-0.25, -0.2) is 9.50 Å². The lowest BCUT2D eigenvalue weighted by Crippen LogP contribution is -2.48. The van der Waals surface area contributed by atoms with E-state index in [1.54, 1.807) is 0 Å².